The lowest BCUT2D eigenvalue weighted by atomic mass is 10.1. The van der Waals surface area contributed by atoms with Gasteiger partial charge in [-0.25, -0.2) is 0 Å². The molecule has 7 nitrogen and oxygen atoms in total. The van der Waals surface area contributed by atoms with Gasteiger partial charge in [0.2, 0.25) is 5.91 Å². The zero-order chi connectivity index (χ0) is 16.8. The molecule has 2 rings (SSSR count). The highest BCUT2D eigenvalue weighted by atomic mass is 16.5. The number of hydrazine groups is 1. The summed E-state index contributed by atoms with van der Waals surface area (Å²) in [4.78, 5) is 23.7. The Kier molecular flexibility index (Phi) is 5.35. The zero-order valence-corrected chi connectivity index (χ0v) is 13.4. The van der Waals surface area contributed by atoms with Gasteiger partial charge in [0.25, 0.3) is 5.91 Å². The Labute approximate surface area is 134 Å². The smallest absolute Gasteiger partial charge is 0.260 e. The number of carbonyl (C=O) groups is 2. The van der Waals surface area contributed by atoms with Crippen LogP contribution in [0.15, 0.2) is 30.3 Å². The molecule has 0 aliphatic rings. The normalized spacial score (nSPS) is 10.2. The van der Waals surface area contributed by atoms with E-state index in [2.05, 4.69) is 16.0 Å². The highest BCUT2D eigenvalue weighted by Crippen LogP contribution is 2.17. The Morgan fingerprint density at radius 2 is 1.87 bits per heavy atom. The maximum atomic E-state index is 11.9. The van der Waals surface area contributed by atoms with Gasteiger partial charge >= 0.3 is 0 Å². The van der Waals surface area contributed by atoms with Crippen molar-refractivity contribution in [2.75, 3.05) is 7.11 Å². The summed E-state index contributed by atoms with van der Waals surface area (Å²) in [5, 5.41) is 4.19. The number of benzene rings is 1. The Bertz CT molecular complexity index is 709. The van der Waals surface area contributed by atoms with Gasteiger partial charge in [-0.05, 0) is 26.0 Å². The molecule has 2 N–H and O–H groups in total. The summed E-state index contributed by atoms with van der Waals surface area (Å²) in [5.74, 6) is -0.0302. The molecule has 2 aromatic rings. The van der Waals surface area contributed by atoms with Crippen LogP contribution in [0.4, 0.5) is 0 Å². The molecule has 122 valence electrons. The lowest BCUT2D eigenvalue weighted by molar-refractivity contribution is -0.129. The third-order valence-corrected chi connectivity index (χ3v) is 3.28. The van der Waals surface area contributed by atoms with Crippen molar-refractivity contribution in [3.05, 3.63) is 47.3 Å². The average Bonchev–Trinajstić information content (AvgIpc) is 2.83. The molecule has 2 amide bonds. The number of ether oxygens (including phenoxy) is 1. The highest BCUT2D eigenvalue weighted by Gasteiger charge is 2.10. The van der Waals surface area contributed by atoms with Crippen molar-refractivity contribution >= 4 is 11.8 Å². The van der Waals surface area contributed by atoms with E-state index in [1.54, 1.807) is 23.9 Å². The van der Waals surface area contributed by atoms with Crippen LogP contribution >= 0.6 is 0 Å². The predicted molar refractivity (Wildman–Crippen MR) is 84.7 cm³/mol. The fourth-order valence-corrected chi connectivity index (χ4v) is 2.22. The topological polar surface area (TPSA) is 85.3 Å². The fraction of sp³-hybridized carbons (Fsp3) is 0.312. The molecule has 7 heteroatoms. The zero-order valence-electron chi connectivity index (χ0n) is 13.4. The van der Waals surface area contributed by atoms with Gasteiger partial charge in [-0.2, -0.15) is 5.10 Å². The summed E-state index contributed by atoms with van der Waals surface area (Å²) in [7, 11) is 1.55. The molecular formula is C16H20N4O3. The Morgan fingerprint density at radius 1 is 1.17 bits per heavy atom. The number of rotatable bonds is 5. The van der Waals surface area contributed by atoms with Crippen molar-refractivity contribution < 1.29 is 14.3 Å². The van der Waals surface area contributed by atoms with E-state index in [9.17, 15) is 9.59 Å². The maximum Gasteiger partial charge on any atom is 0.260 e. The van der Waals surface area contributed by atoms with Gasteiger partial charge in [-0.15, -0.1) is 0 Å². The Balaban J connectivity index is 1.84. The van der Waals surface area contributed by atoms with Gasteiger partial charge in [-0.3, -0.25) is 25.1 Å². The summed E-state index contributed by atoms with van der Waals surface area (Å²) < 4.78 is 6.77. The van der Waals surface area contributed by atoms with E-state index < -0.39 is 0 Å². The van der Waals surface area contributed by atoms with E-state index in [-0.39, 0.29) is 24.8 Å². The van der Waals surface area contributed by atoms with Gasteiger partial charge < -0.3 is 4.74 Å². The number of para-hydroxylation sites is 1. The van der Waals surface area contributed by atoms with E-state index in [4.69, 9.17) is 4.74 Å². The van der Waals surface area contributed by atoms with Gasteiger partial charge in [0.05, 0.1) is 19.2 Å². The van der Waals surface area contributed by atoms with Crippen LogP contribution in [0.25, 0.3) is 0 Å². The lowest BCUT2D eigenvalue weighted by Crippen LogP contribution is -2.44. The van der Waals surface area contributed by atoms with Crippen LogP contribution in [0.1, 0.15) is 17.0 Å². The molecule has 0 fully saturated rings. The molecule has 23 heavy (non-hydrogen) atoms. The largest absolute Gasteiger partial charge is 0.496 e. The molecule has 0 aliphatic heterocycles. The van der Waals surface area contributed by atoms with Gasteiger partial charge in [-0.1, -0.05) is 18.2 Å². The molecule has 1 aromatic heterocycles. The van der Waals surface area contributed by atoms with Crippen LogP contribution < -0.4 is 15.6 Å². The molecule has 0 spiro atoms. The van der Waals surface area contributed by atoms with Gasteiger partial charge in [0.1, 0.15) is 12.3 Å². The maximum absolute atomic E-state index is 11.9. The predicted octanol–water partition coefficient (Wildman–Crippen LogP) is 0.899. The lowest BCUT2D eigenvalue weighted by Gasteiger charge is -2.10. The number of methoxy groups -OCH3 is 1. The first-order chi connectivity index (χ1) is 11.0. The molecule has 0 aliphatic carbocycles. The van der Waals surface area contributed by atoms with Crippen LogP contribution in [-0.2, 0) is 22.6 Å². The summed E-state index contributed by atoms with van der Waals surface area (Å²) in [6, 6.07) is 9.12. The molecule has 1 aromatic carbocycles. The highest BCUT2D eigenvalue weighted by molar-refractivity contribution is 5.83. The van der Waals surface area contributed by atoms with Crippen LogP contribution in [0, 0.1) is 13.8 Å². The van der Waals surface area contributed by atoms with Crippen molar-refractivity contribution in [3.8, 4) is 5.75 Å². The summed E-state index contributed by atoms with van der Waals surface area (Å²) in [6.45, 7) is 3.78. The SMILES string of the molecule is COc1ccccc1CC(=O)NNC(=O)Cn1nc(C)cc1C. The van der Waals surface area contributed by atoms with E-state index in [1.165, 1.54) is 0 Å². The number of aromatic nitrogens is 2. The number of amides is 2. The van der Waals surface area contributed by atoms with Crippen molar-refractivity contribution in [2.24, 2.45) is 0 Å². The molecule has 0 bridgehead atoms. The summed E-state index contributed by atoms with van der Waals surface area (Å²) in [6.07, 6.45) is 0.115. The molecule has 0 atom stereocenters. The van der Waals surface area contributed by atoms with Crippen LogP contribution in [0.3, 0.4) is 0 Å². The van der Waals surface area contributed by atoms with Gasteiger partial charge in [0.15, 0.2) is 0 Å². The summed E-state index contributed by atoms with van der Waals surface area (Å²) >= 11 is 0. The van der Waals surface area contributed by atoms with E-state index >= 15 is 0 Å². The Hall–Kier alpha value is -2.83. The summed E-state index contributed by atoms with van der Waals surface area (Å²) in [5.41, 5.74) is 7.26. The van der Waals surface area contributed by atoms with Crippen molar-refractivity contribution in [1.29, 1.82) is 0 Å². The van der Waals surface area contributed by atoms with Gasteiger partial charge in [0, 0.05) is 11.3 Å². The minimum atomic E-state index is -0.343. The quantitative estimate of drug-likeness (QED) is 0.803. The minimum Gasteiger partial charge on any atom is -0.496 e. The fourth-order valence-electron chi connectivity index (χ4n) is 2.22. The third-order valence-electron chi connectivity index (χ3n) is 3.28. The first-order valence-electron chi connectivity index (χ1n) is 7.20. The number of hydrogen-bond acceptors (Lipinski definition) is 4. The van der Waals surface area contributed by atoms with Crippen LogP contribution in [-0.4, -0.2) is 28.7 Å². The molecule has 0 saturated carbocycles. The van der Waals surface area contributed by atoms with Crippen molar-refractivity contribution in [1.82, 2.24) is 20.6 Å². The van der Waals surface area contributed by atoms with Crippen LogP contribution in [0.5, 0.6) is 5.75 Å². The standard InChI is InChI=1S/C16H20N4O3/c1-11-8-12(2)20(19-11)10-16(22)18-17-15(21)9-13-6-4-5-7-14(13)23-3/h4-8H,9-10H2,1-3H3,(H,17,21)(H,18,22). The second kappa shape index (κ2) is 7.44. The molecule has 0 unspecified atom stereocenters. The number of aryl methyl sites for hydroxylation is 2. The Morgan fingerprint density at radius 3 is 2.52 bits per heavy atom. The van der Waals surface area contributed by atoms with E-state index in [1.807, 2.05) is 32.0 Å². The average molecular weight is 316 g/mol. The van der Waals surface area contributed by atoms with E-state index in [0.717, 1.165) is 17.0 Å². The number of hydrogen-bond donors (Lipinski definition) is 2. The second-order valence-corrected chi connectivity index (χ2v) is 5.17. The van der Waals surface area contributed by atoms with Crippen LogP contribution in [0.2, 0.25) is 0 Å². The number of nitrogens with one attached hydrogen (secondary N) is 2. The minimum absolute atomic E-state index is 0.0502. The molecule has 0 radical (unpaired) electrons. The monoisotopic (exact) mass is 316 g/mol. The van der Waals surface area contributed by atoms with Crippen molar-refractivity contribution in [3.63, 3.8) is 0 Å². The second-order valence-electron chi connectivity index (χ2n) is 5.17. The first kappa shape index (κ1) is 16.5. The number of nitrogens with zero attached hydrogens (tertiary/aromatic N) is 2. The number of carbonyl (C=O) groups excluding carboxylic acids is 2. The molecular weight excluding hydrogens is 296 g/mol. The third kappa shape index (κ3) is 4.57. The first-order valence-corrected chi connectivity index (χ1v) is 7.20. The van der Waals surface area contributed by atoms with E-state index in [0.29, 0.717) is 5.75 Å². The molecule has 1 heterocycles. The van der Waals surface area contributed by atoms with Crippen molar-refractivity contribution in [2.45, 2.75) is 26.8 Å². The molecule has 0 saturated heterocycles.